The summed E-state index contributed by atoms with van der Waals surface area (Å²) in [6.07, 6.45) is 2.54. The highest BCUT2D eigenvalue weighted by molar-refractivity contribution is 9.10. The first kappa shape index (κ1) is 18.1. The Morgan fingerprint density at radius 2 is 2.15 bits per heavy atom. The molecule has 4 rings (SSSR count). The lowest BCUT2D eigenvalue weighted by atomic mass is 9.97. The van der Waals surface area contributed by atoms with Gasteiger partial charge in [-0.2, -0.15) is 5.10 Å². The van der Waals surface area contributed by atoms with Crippen LogP contribution in [0.25, 0.3) is 11.0 Å². The topological polar surface area (TPSA) is 94.1 Å². The summed E-state index contributed by atoms with van der Waals surface area (Å²) in [5.41, 5.74) is 3.86. The first-order valence-corrected chi connectivity index (χ1v) is 9.66. The highest BCUT2D eigenvalue weighted by Crippen LogP contribution is 2.31. The Hall–Kier alpha value is -2.29. The minimum Gasteiger partial charge on any atom is -0.395 e. The van der Waals surface area contributed by atoms with Gasteiger partial charge in [0.05, 0.1) is 12.8 Å². The average molecular weight is 430 g/mol. The maximum atomic E-state index is 13.3. The van der Waals surface area contributed by atoms with Crippen LogP contribution in [0.3, 0.4) is 0 Å². The standard InChI is InChI=1S/C19H20BrN5O2/c20-17-15-11-25(8-6-13(15)14-10-22-24-18(14)23-17)19(27)16(21-7-9-26)12-4-2-1-3-5-12/h1-5,10,16,21,26H,6-9,11H2,(H,22,23,24). The highest BCUT2D eigenvalue weighted by atomic mass is 79.9. The van der Waals surface area contributed by atoms with Gasteiger partial charge in [0.1, 0.15) is 10.6 Å². The van der Waals surface area contributed by atoms with Gasteiger partial charge in [0, 0.05) is 30.6 Å². The van der Waals surface area contributed by atoms with Gasteiger partial charge in [0.15, 0.2) is 5.65 Å². The summed E-state index contributed by atoms with van der Waals surface area (Å²) in [6.45, 7) is 1.46. The Bertz CT molecular complexity index is 959. The number of halogens is 1. The predicted molar refractivity (Wildman–Crippen MR) is 105 cm³/mol. The first-order chi connectivity index (χ1) is 13.2. The fourth-order valence-corrected chi connectivity index (χ4v) is 4.12. The number of hydrogen-bond donors (Lipinski definition) is 3. The number of carbonyl (C=O) groups excluding carboxylic acids is 1. The van der Waals surface area contributed by atoms with E-state index in [2.05, 4.69) is 36.4 Å². The van der Waals surface area contributed by atoms with Gasteiger partial charge in [0.25, 0.3) is 0 Å². The second-order valence-electron chi connectivity index (χ2n) is 6.52. The number of fused-ring (bicyclic) bond motifs is 3. The van der Waals surface area contributed by atoms with Crippen LogP contribution in [0.4, 0.5) is 0 Å². The van der Waals surface area contributed by atoms with E-state index >= 15 is 0 Å². The molecule has 0 saturated carbocycles. The Labute approximate surface area is 164 Å². The van der Waals surface area contributed by atoms with Crippen LogP contribution in [0.1, 0.15) is 22.7 Å². The number of benzene rings is 1. The number of hydrogen-bond acceptors (Lipinski definition) is 5. The van der Waals surface area contributed by atoms with Crippen molar-refractivity contribution >= 4 is 32.9 Å². The number of aromatic nitrogens is 3. The van der Waals surface area contributed by atoms with Gasteiger partial charge in [-0.25, -0.2) is 4.98 Å². The molecule has 0 aliphatic carbocycles. The molecule has 0 spiro atoms. The fourth-order valence-electron chi connectivity index (χ4n) is 3.57. The molecule has 3 N–H and O–H groups in total. The summed E-state index contributed by atoms with van der Waals surface area (Å²) in [4.78, 5) is 19.6. The lowest BCUT2D eigenvalue weighted by Gasteiger charge is -2.32. The largest absolute Gasteiger partial charge is 0.395 e. The minimum absolute atomic E-state index is 0.000472. The number of aliphatic hydroxyl groups is 1. The van der Waals surface area contributed by atoms with E-state index in [0.29, 0.717) is 19.6 Å². The number of H-pyrrole nitrogens is 1. The van der Waals surface area contributed by atoms with E-state index in [0.717, 1.165) is 33.2 Å². The Kier molecular flexibility index (Phi) is 5.20. The third kappa shape index (κ3) is 3.47. The van der Waals surface area contributed by atoms with Crippen molar-refractivity contribution in [3.63, 3.8) is 0 Å². The SMILES string of the molecule is O=C(C(NCCO)c1ccccc1)N1CCc2c(c(Br)nc3[nH]ncc23)C1. The molecule has 2 aromatic heterocycles. The molecule has 0 saturated heterocycles. The molecule has 140 valence electrons. The van der Waals surface area contributed by atoms with Crippen molar-refractivity contribution in [1.29, 1.82) is 0 Å². The minimum atomic E-state index is -0.482. The highest BCUT2D eigenvalue weighted by Gasteiger charge is 2.30. The number of rotatable bonds is 5. The second-order valence-corrected chi connectivity index (χ2v) is 7.27. The van der Waals surface area contributed by atoms with E-state index in [1.165, 1.54) is 5.56 Å². The van der Waals surface area contributed by atoms with Crippen molar-refractivity contribution in [2.45, 2.75) is 19.0 Å². The lowest BCUT2D eigenvalue weighted by molar-refractivity contribution is -0.134. The van der Waals surface area contributed by atoms with Crippen LogP contribution >= 0.6 is 15.9 Å². The van der Waals surface area contributed by atoms with E-state index in [4.69, 9.17) is 0 Å². The molecule has 0 radical (unpaired) electrons. The zero-order chi connectivity index (χ0) is 18.8. The van der Waals surface area contributed by atoms with Gasteiger partial charge in [-0.05, 0) is 33.5 Å². The molecule has 27 heavy (non-hydrogen) atoms. The van der Waals surface area contributed by atoms with Crippen molar-refractivity contribution in [3.05, 3.63) is 57.8 Å². The Morgan fingerprint density at radius 1 is 1.33 bits per heavy atom. The molecule has 7 nitrogen and oxygen atoms in total. The summed E-state index contributed by atoms with van der Waals surface area (Å²) in [7, 11) is 0. The smallest absolute Gasteiger partial charge is 0.244 e. The van der Waals surface area contributed by atoms with Gasteiger partial charge >= 0.3 is 0 Å². The molecule has 1 atom stereocenters. The van der Waals surface area contributed by atoms with E-state index in [1.807, 2.05) is 35.2 Å². The first-order valence-electron chi connectivity index (χ1n) is 8.87. The summed E-state index contributed by atoms with van der Waals surface area (Å²) in [5.74, 6) is -0.000472. The van der Waals surface area contributed by atoms with Gasteiger partial charge in [-0.1, -0.05) is 30.3 Å². The normalized spacial score (nSPS) is 15.0. The van der Waals surface area contributed by atoms with Crippen molar-refractivity contribution in [3.8, 4) is 0 Å². The molecule has 1 amide bonds. The van der Waals surface area contributed by atoms with Gasteiger partial charge in [-0.15, -0.1) is 0 Å². The molecular weight excluding hydrogens is 410 g/mol. The molecule has 1 aliphatic heterocycles. The van der Waals surface area contributed by atoms with Gasteiger partial charge in [-0.3, -0.25) is 15.2 Å². The maximum Gasteiger partial charge on any atom is 0.244 e. The number of pyridine rings is 1. The Balaban J connectivity index is 1.62. The number of aromatic amines is 1. The van der Waals surface area contributed by atoms with Crippen LogP contribution in [0.2, 0.25) is 0 Å². The molecule has 1 aromatic carbocycles. The molecule has 3 aromatic rings. The molecular formula is C19H20BrN5O2. The molecule has 0 bridgehead atoms. The molecule has 0 fully saturated rings. The summed E-state index contributed by atoms with van der Waals surface area (Å²) in [6, 6.07) is 9.13. The second kappa shape index (κ2) is 7.75. The molecule has 8 heteroatoms. The van der Waals surface area contributed by atoms with Crippen LogP contribution in [0.15, 0.2) is 41.1 Å². The summed E-state index contributed by atoms with van der Waals surface area (Å²) in [5, 5.41) is 20.4. The van der Waals surface area contributed by atoms with Crippen LogP contribution < -0.4 is 5.32 Å². The van der Waals surface area contributed by atoms with Crippen LogP contribution in [-0.2, 0) is 17.8 Å². The average Bonchev–Trinajstić information content (AvgIpc) is 3.17. The number of nitrogens with zero attached hydrogens (tertiary/aromatic N) is 3. The van der Waals surface area contributed by atoms with Crippen molar-refractivity contribution in [2.75, 3.05) is 19.7 Å². The third-order valence-corrected chi connectivity index (χ3v) is 5.56. The van der Waals surface area contributed by atoms with Crippen LogP contribution in [0, 0.1) is 0 Å². The maximum absolute atomic E-state index is 13.3. The van der Waals surface area contributed by atoms with Gasteiger partial charge < -0.3 is 10.0 Å². The zero-order valence-corrected chi connectivity index (χ0v) is 16.2. The van der Waals surface area contributed by atoms with E-state index < -0.39 is 6.04 Å². The van der Waals surface area contributed by atoms with Crippen molar-refractivity contribution < 1.29 is 9.90 Å². The quantitative estimate of drug-likeness (QED) is 0.538. The zero-order valence-electron chi connectivity index (χ0n) is 14.7. The van der Waals surface area contributed by atoms with E-state index in [9.17, 15) is 9.90 Å². The van der Waals surface area contributed by atoms with Crippen LogP contribution in [-0.4, -0.2) is 50.8 Å². The lowest BCUT2D eigenvalue weighted by Crippen LogP contribution is -2.44. The molecule has 1 aliphatic rings. The number of carbonyl (C=O) groups is 1. The number of aliphatic hydroxyl groups excluding tert-OH is 1. The number of nitrogens with one attached hydrogen (secondary N) is 2. The monoisotopic (exact) mass is 429 g/mol. The predicted octanol–water partition coefficient (Wildman–Crippen LogP) is 1.93. The summed E-state index contributed by atoms with van der Waals surface area (Å²) >= 11 is 3.54. The molecule has 3 heterocycles. The van der Waals surface area contributed by atoms with Crippen molar-refractivity contribution in [1.82, 2.24) is 25.4 Å². The van der Waals surface area contributed by atoms with E-state index in [1.54, 1.807) is 6.20 Å². The van der Waals surface area contributed by atoms with Gasteiger partial charge in [0.2, 0.25) is 5.91 Å². The third-order valence-electron chi connectivity index (χ3n) is 4.90. The van der Waals surface area contributed by atoms with Crippen molar-refractivity contribution in [2.24, 2.45) is 0 Å². The molecule has 1 unspecified atom stereocenters. The van der Waals surface area contributed by atoms with E-state index in [-0.39, 0.29) is 12.5 Å². The fraction of sp³-hybridized carbons (Fsp3) is 0.316. The van der Waals surface area contributed by atoms with Crippen LogP contribution in [0.5, 0.6) is 0 Å². The number of amides is 1. The summed E-state index contributed by atoms with van der Waals surface area (Å²) < 4.78 is 0.742. The Morgan fingerprint density at radius 3 is 2.93 bits per heavy atom.